The van der Waals surface area contributed by atoms with Crippen molar-refractivity contribution in [2.24, 2.45) is 0 Å². The molecule has 1 aliphatic heterocycles. The van der Waals surface area contributed by atoms with Gasteiger partial charge in [0.25, 0.3) is 5.91 Å². The Morgan fingerprint density at radius 2 is 1.70 bits per heavy atom. The van der Waals surface area contributed by atoms with E-state index in [0.29, 0.717) is 28.2 Å². The van der Waals surface area contributed by atoms with Gasteiger partial charge in [-0.05, 0) is 62.2 Å². The number of fused-ring (bicyclic) bond motifs is 1. The summed E-state index contributed by atoms with van der Waals surface area (Å²) >= 11 is 0. The molecule has 0 bridgehead atoms. The third-order valence-corrected chi connectivity index (χ3v) is 6.88. The van der Waals surface area contributed by atoms with Gasteiger partial charge < -0.3 is 20.7 Å². The molecule has 3 N–H and O–H groups in total. The molecule has 228 valence electrons. The smallest absolute Gasteiger partial charge is 0.416 e. The lowest BCUT2D eigenvalue weighted by molar-refractivity contribution is -0.137. The average molecular weight is 606 g/mol. The van der Waals surface area contributed by atoms with Gasteiger partial charge in [0, 0.05) is 23.6 Å². The van der Waals surface area contributed by atoms with Crippen molar-refractivity contribution in [3.8, 4) is 5.69 Å². The highest BCUT2D eigenvalue weighted by molar-refractivity contribution is 6.04. The number of ether oxygens (including phenoxy) is 1. The Hall–Kier alpha value is -5.13. The van der Waals surface area contributed by atoms with Gasteiger partial charge in [-0.1, -0.05) is 48.5 Å². The molecule has 4 aromatic rings. The molecule has 0 spiro atoms. The maximum atomic E-state index is 13.6. The van der Waals surface area contributed by atoms with Crippen molar-refractivity contribution < 1.29 is 32.3 Å². The molecule has 0 aliphatic carbocycles. The summed E-state index contributed by atoms with van der Waals surface area (Å²) in [5.74, 6) is -1.79. The van der Waals surface area contributed by atoms with Gasteiger partial charge in [0.2, 0.25) is 5.91 Å². The van der Waals surface area contributed by atoms with E-state index in [1.807, 2.05) is 30.3 Å². The normalized spacial score (nSPS) is 16.5. The summed E-state index contributed by atoms with van der Waals surface area (Å²) in [6.45, 7) is 5.38. The quantitative estimate of drug-likeness (QED) is 0.257. The number of aromatic nitrogens is 2. The standard InChI is InChI=1S/C32H30F3N5O4/c1-31(2,3)44-30(43)36-17-19-9-7-10-20(15-19)25-24-18-37-40(23-13-5-4-6-14-23)27(24)39-29(42)26(25)38-28(41)21-11-8-12-22(16-21)32(33,34)35/h4-16,18,25-26H,17H2,1-3H3,(H,36,43)(H,38,41)(H,39,42)/t25-,26+/m1/s1. The number of rotatable bonds is 6. The highest BCUT2D eigenvalue weighted by Crippen LogP contribution is 2.39. The predicted molar refractivity (Wildman–Crippen MR) is 156 cm³/mol. The number of para-hydroxylation sites is 1. The summed E-state index contributed by atoms with van der Waals surface area (Å²) < 4.78 is 46.9. The molecule has 2 heterocycles. The third kappa shape index (κ3) is 6.74. The average Bonchev–Trinajstić information content (AvgIpc) is 3.39. The first-order valence-corrected chi connectivity index (χ1v) is 13.8. The summed E-state index contributed by atoms with van der Waals surface area (Å²) in [7, 11) is 0. The largest absolute Gasteiger partial charge is 0.444 e. The SMILES string of the molecule is CC(C)(C)OC(=O)NCc1cccc([C@@H]2c3cnn(-c4ccccc4)c3NC(=O)[C@H]2NC(=O)c2cccc(C(F)(F)F)c2)c1. The molecule has 0 unspecified atom stereocenters. The second-order valence-electron chi connectivity index (χ2n) is 11.3. The van der Waals surface area contributed by atoms with Crippen molar-refractivity contribution in [3.63, 3.8) is 0 Å². The molecular formula is C32H30F3N5O4. The minimum absolute atomic E-state index is 0.124. The molecule has 44 heavy (non-hydrogen) atoms. The number of benzene rings is 3. The Bertz CT molecular complexity index is 1700. The lowest BCUT2D eigenvalue weighted by Crippen LogP contribution is -2.50. The second-order valence-corrected chi connectivity index (χ2v) is 11.3. The molecule has 0 fully saturated rings. The van der Waals surface area contributed by atoms with E-state index >= 15 is 0 Å². The van der Waals surface area contributed by atoms with Gasteiger partial charge in [-0.15, -0.1) is 0 Å². The van der Waals surface area contributed by atoms with Gasteiger partial charge in [-0.25, -0.2) is 9.48 Å². The van der Waals surface area contributed by atoms with Crippen LogP contribution in [0.1, 0.15) is 59.3 Å². The fraction of sp³-hybridized carbons (Fsp3) is 0.250. The summed E-state index contributed by atoms with van der Waals surface area (Å²) in [6, 6.07) is 19.0. The van der Waals surface area contributed by atoms with Crippen molar-refractivity contribution >= 4 is 23.7 Å². The maximum Gasteiger partial charge on any atom is 0.416 e. The fourth-order valence-electron chi connectivity index (χ4n) is 4.97. The van der Waals surface area contributed by atoms with Crippen LogP contribution in [0.4, 0.5) is 23.8 Å². The van der Waals surface area contributed by atoms with Crippen LogP contribution >= 0.6 is 0 Å². The van der Waals surface area contributed by atoms with E-state index in [-0.39, 0.29) is 12.1 Å². The Labute approximate surface area is 251 Å². The van der Waals surface area contributed by atoms with Crippen molar-refractivity contribution in [3.05, 3.63) is 113 Å². The van der Waals surface area contributed by atoms with Crippen LogP contribution in [0.15, 0.2) is 85.1 Å². The summed E-state index contributed by atoms with van der Waals surface area (Å²) in [4.78, 5) is 39.1. The molecule has 1 aliphatic rings. The van der Waals surface area contributed by atoms with Gasteiger partial charge in [0.05, 0.1) is 17.4 Å². The van der Waals surface area contributed by atoms with Crippen molar-refractivity contribution in [1.29, 1.82) is 0 Å². The van der Waals surface area contributed by atoms with E-state index in [1.54, 1.807) is 55.9 Å². The van der Waals surface area contributed by atoms with Crippen LogP contribution in [0.2, 0.25) is 0 Å². The van der Waals surface area contributed by atoms with Crippen LogP contribution < -0.4 is 16.0 Å². The lowest BCUT2D eigenvalue weighted by Gasteiger charge is -2.32. The Kier molecular flexibility index (Phi) is 8.18. The number of hydrogen-bond acceptors (Lipinski definition) is 5. The first kappa shape index (κ1) is 30.3. The molecule has 3 aromatic carbocycles. The number of amides is 3. The molecule has 2 atom stereocenters. The highest BCUT2D eigenvalue weighted by atomic mass is 19.4. The monoisotopic (exact) mass is 605 g/mol. The number of hydrogen-bond donors (Lipinski definition) is 3. The van der Waals surface area contributed by atoms with E-state index in [4.69, 9.17) is 4.74 Å². The Balaban J connectivity index is 1.51. The Morgan fingerprint density at radius 3 is 2.41 bits per heavy atom. The number of anilines is 1. The van der Waals surface area contributed by atoms with Gasteiger partial charge in [-0.3, -0.25) is 9.59 Å². The number of carbonyl (C=O) groups is 3. The zero-order valence-corrected chi connectivity index (χ0v) is 24.1. The molecule has 5 rings (SSSR count). The molecular weight excluding hydrogens is 575 g/mol. The van der Waals surface area contributed by atoms with E-state index in [1.165, 1.54) is 6.07 Å². The molecule has 3 amide bonds. The molecule has 0 saturated carbocycles. The van der Waals surface area contributed by atoms with E-state index in [2.05, 4.69) is 21.0 Å². The van der Waals surface area contributed by atoms with Crippen molar-refractivity contribution in [2.75, 3.05) is 5.32 Å². The molecule has 0 radical (unpaired) electrons. The zero-order valence-electron chi connectivity index (χ0n) is 24.1. The first-order valence-electron chi connectivity index (χ1n) is 13.8. The third-order valence-electron chi connectivity index (χ3n) is 6.88. The Morgan fingerprint density at radius 1 is 0.977 bits per heavy atom. The topological polar surface area (TPSA) is 114 Å². The van der Waals surface area contributed by atoms with Crippen molar-refractivity contribution in [2.45, 2.75) is 51.1 Å². The molecule has 12 heteroatoms. The van der Waals surface area contributed by atoms with Crippen molar-refractivity contribution in [1.82, 2.24) is 20.4 Å². The number of carbonyl (C=O) groups excluding carboxylic acids is 3. The van der Waals surface area contributed by atoms with Crippen LogP contribution in [0.25, 0.3) is 5.69 Å². The van der Waals surface area contributed by atoms with Gasteiger partial charge in [0.15, 0.2) is 0 Å². The van der Waals surface area contributed by atoms with Crippen LogP contribution in [0.5, 0.6) is 0 Å². The van der Waals surface area contributed by atoms with Crippen LogP contribution in [0, 0.1) is 0 Å². The number of alkyl halides is 3. The number of nitrogens with zero attached hydrogens (tertiary/aromatic N) is 2. The first-order chi connectivity index (χ1) is 20.8. The molecule has 0 saturated heterocycles. The van der Waals surface area contributed by atoms with E-state index in [9.17, 15) is 27.6 Å². The second kappa shape index (κ2) is 11.9. The summed E-state index contributed by atoms with van der Waals surface area (Å²) in [5, 5.41) is 12.7. The number of alkyl carbamates (subject to hydrolysis) is 1. The minimum atomic E-state index is -4.64. The maximum absolute atomic E-state index is 13.6. The summed E-state index contributed by atoms with van der Waals surface area (Å²) in [5.41, 5.74) is 0.682. The number of nitrogens with one attached hydrogen (secondary N) is 3. The summed E-state index contributed by atoms with van der Waals surface area (Å²) in [6.07, 6.45) is -3.66. The number of halogens is 3. The van der Waals surface area contributed by atoms with Gasteiger partial charge in [0.1, 0.15) is 17.5 Å². The van der Waals surface area contributed by atoms with Crippen LogP contribution in [-0.2, 0) is 22.3 Å². The molecule has 9 nitrogen and oxygen atoms in total. The zero-order chi connectivity index (χ0) is 31.6. The van der Waals surface area contributed by atoms with E-state index < -0.39 is 47.2 Å². The highest BCUT2D eigenvalue weighted by Gasteiger charge is 2.41. The molecule has 1 aromatic heterocycles. The predicted octanol–water partition coefficient (Wildman–Crippen LogP) is 5.80. The minimum Gasteiger partial charge on any atom is -0.444 e. The lowest BCUT2D eigenvalue weighted by atomic mass is 9.82. The van der Waals surface area contributed by atoms with Crippen LogP contribution in [0.3, 0.4) is 0 Å². The van der Waals surface area contributed by atoms with E-state index in [0.717, 1.165) is 18.2 Å². The van der Waals surface area contributed by atoms with Gasteiger partial charge in [-0.2, -0.15) is 18.3 Å². The fourth-order valence-corrected chi connectivity index (χ4v) is 4.97. The van der Waals surface area contributed by atoms with Gasteiger partial charge >= 0.3 is 12.3 Å². The van der Waals surface area contributed by atoms with Crippen LogP contribution in [-0.4, -0.2) is 39.3 Å².